The minimum atomic E-state index is -0.208. The average molecular weight is 372 g/mol. The van der Waals surface area contributed by atoms with Crippen molar-refractivity contribution in [1.29, 1.82) is 0 Å². The maximum absolute atomic E-state index is 11.9. The van der Waals surface area contributed by atoms with Gasteiger partial charge in [-0.2, -0.15) is 5.10 Å². The van der Waals surface area contributed by atoms with Gasteiger partial charge < -0.3 is 15.0 Å². The van der Waals surface area contributed by atoms with Crippen LogP contribution in [-0.4, -0.2) is 38.9 Å². The van der Waals surface area contributed by atoms with Crippen molar-refractivity contribution in [2.24, 2.45) is 5.10 Å². The molecule has 1 aromatic heterocycles. The van der Waals surface area contributed by atoms with Crippen LogP contribution >= 0.6 is 11.3 Å². The number of amides is 1. The molecule has 0 unspecified atom stereocenters. The lowest BCUT2D eigenvalue weighted by molar-refractivity contribution is -0.119. The summed E-state index contributed by atoms with van der Waals surface area (Å²) in [5, 5.41) is 8.37. The molecule has 2 N–H and O–H groups in total. The summed E-state index contributed by atoms with van der Waals surface area (Å²) < 4.78 is 5.24. The van der Waals surface area contributed by atoms with Crippen molar-refractivity contribution < 1.29 is 9.53 Å². The number of ether oxygens (including phenoxy) is 1. The fourth-order valence-electron chi connectivity index (χ4n) is 2.87. The quantitative estimate of drug-likeness (QED) is 0.578. The molecule has 0 radical (unpaired) electrons. The van der Waals surface area contributed by atoms with Crippen molar-refractivity contribution in [2.75, 3.05) is 37.0 Å². The molecule has 1 aliphatic rings. The molecule has 0 spiro atoms. The molecule has 138 valence electrons. The van der Waals surface area contributed by atoms with Crippen LogP contribution in [0.4, 0.5) is 10.7 Å². The molecule has 0 aliphatic carbocycles. The number of carbonyl (C=O) groups excluding carboxylic acids is 1. The maximum atomic E-state index is 11.9. The largest absolute Gasteiger partial charge is 0.495 e. The second-order valence-electron chi connectivity index (χ2n) is 6.07. The summed E-state index contributed by atoms with van der Waals surface area (Å²) in [6, 6.07) is 11.6. The number of carbonyl (C=O) groups is 1. The number of hydrogen-bond acceptors (Lipinski definition) is 6. The molecule has 0 bridgehead atoms. The fourth-order valence-corrected chi connectivity index (χ4v) is 3.80. The number of nitrogens with zero attached hydrogens (tertiary/aromatic N) is 2. The standard InChI is InChI=1S/C19H24N4O2S/c1-25-17-8-4-3-7-16(17)20-14-18(24)22-21-13-15-9-10-19(26-15)23-11-5-2-6-12-23/h3-4,7-10,13,20H,2,5-6,11-12,14H2,1H3,(H,22,24)/b21-13+. The van der Waals surface area contributed by atoms with Crippen LogP contribution < -0.4 is 20.4 Å². The van der Waals surface area contributed by atoms with Crippen molar-refractivity contribution in [3.05, 3.63) is 41.3 Å². The summed E-state index contributed by atoms with van der Waals surface area (Å²) in [4.78, 5) is 15.4. The molecule has 3 rings (SSSR count). The van der Waals surface area contributed by atoms with Gasteiger partial charge in [0, 0.05) is 18.0 Å². The Labute approximate surface area is 157 Å². The minimum Gasteiger partial charge on any atom is -0.495 e. The van der Waals surface area contributed by atoms with Crippen LogP contribution in [0.5, 0.6) is 5.75 Å². The van der Waals surface area contributed by atoms with Gasteiger partial charge in [-0.25, -0.2) is 5.43 Å². The predicted octanol–water partition coefficient (Wildman–Crippen LogP) is 3.31. The van der Waals surface area contributed by atoms with E-state index in [-0.39, 0.29) is 12.5 Å². The van der Waals surface area contributed by atoms with Crippen LogP contribution in [0.15, 0.2) is 41.5 Å². The first-order chi connectivity index (χ1) is 12.8. The normalized spacial score (nSPS) is 14.4. The van der Waals surface area contributed by atoms with Crippen LogP contribution in [0.2, 0.25) is 0 Å². The van der Waals surface area contributed by atoms with Gasteiger partial charge in [-0.1, -0.05) is 12.1 Å². The number of nitrogens with one attached hydrogen (secondary N) is 2. The number of piperidine rings is 1. The smallest absolute Gasteiger partial charge is 0.259 e. The molecule has 26 heavy (non-hydrogen) atoms. The highest BCUT2D eigenvalue weighted by Crippen LogP contribution is 2.27. The van der Waals surface area contributed by atoms with Crippen molar-refractivity contribution in [3.8, 4) is 5.75 Å². The zero-order chi connectivity index (χ0) is 18.2. The maximum Gasteiger partial charge on any atom is 0.259 e. The summed E-state index contributed by atoms with van der Waals surface area (Å²) in [6.45, 7) is 2.38. The molecule has 0 saturated carbocycles. The Morgan fingerprint density at radius 2 is 2.04 bits per heavy atom. The molecule has 1 saturated heterocycles. The highest BCUT2D eigenvalue weighted by molar-refractivity contribution is 7.17. The van der Waals surface area contributed by atoms with E-state index in [4.69, 9.17) is 4.74 Å². The molecule has 1 aliphatic heterocycles. The van der Waals surface area contributed by atoms with Crippen LogP contribution in [0.1, 0.15) is 24.1 Å². The Balaban J connectivity index is 1.46. The van der Waals surface area contributed by atoms with Crippen molar-refractivity contribution in [2.45, 2.75) is 19.3 Å². The lowest BCUT2D eigenvalue weighted by Gasteiger charge is -2.27. The van der Waals surface area contributed by atoms with Crippen molar-refractivity contribution >= 4 is 34.1 Å². The number of anilines is 2. The molecule has 2 heterocycles. The van der Waals surface area contributed by atoms with Gasteiger partial charge in [0.2, 0.25) is 0 Å². The molecule has 7 heteroatoms. The minimum absolute atomic E-state index is 0.126. The van der Waals surface area contributed by atoms with Gasteiger partial charge in [0.1, 0.15) is 5.75 Å². The summed E-state index contributed by atoms with van der Waals surface area (Å²) in [5.41, 5.74) is 3.32. The molecule has 1 fully saturated rings. The first kappa shape index (κ1) is 18.3. The number of hydrogen-bond donors (Lipinski definition) is 2. The van der Waals surface area contributed by atoms with Gasteiger partial charge in [0.05, 0.1) is 30.6 Å². The number of hydrazone groups is 1. The van der Waals surface area contributed by atoms with Crippen LogP contribution in [0, 0.1) is 0 Å². The van der Waals surface area contributed by atoms with E-state index in [2.05, 4.69) is 26.8 Å². The second-order valence-corrected chi connectivity index (χ2v) is 7.16. The van der Waals surface area contributed by atoms with Crippen LogP contribution in [0.25, 0.3) is 0 Å². The Morgan fingerprint density at radius 1 is 1.23 bits per heavy atom. The highest BCUT2D eigenvalue weighted by atomic mass is 32.1. The number of methoxy groups -OCH3 is 1. The monoisotopic (exact) mass is 372 g/mol. The topological polar surface area (TPSA) is 66.0 Å². The highest BCUT2D eigenvalue weighted by Gasteiger charge is 2.12. The number of para-hydroxylation sites is 2. The van der Waals surface area contributed by atoms with E-state index in [0.29, 0.717) is 5.75 Å². The summed E-state index contributed by atoms with van der Waals surface area (Å²) >= 11 is 1.70. The van der Waals surface area contributed by atoms with E-state index >= 15 is 0 Å². The van der Waals surface area contributed by atoms with E-state index in [1.165, 1.54) is 24.3 Å². The van der Waals surface area contributed by atoms with E-state index in [1.807, 2.05) is 30.3 Å². The lowest BCUT2D eigenvalue weighted by atomic mass is 10.1. The molecule has 0 atom stereocenters. The lowest BCUT2D eigenvalue weighted by Crippen LogP contribution is -2.28. The third kappa shape index (κ3) is 4.98. The van der Waals surface area contributed by atoms with Crippen molar-refractivity contribution in [3.63, 3.8) is 0 Å². The number of thiophene rings is 1. The average Bonchev–Trinajstić information content (AvgIpc) is 3.16. The Hall–Kier alpha value is -2.54. The molecule has 2 aromatic rings. The van der Waals surface area contributed by atoms with E-state index in [1.54, 1.807) is 24.7 Å². The molecule has 1 amide bonds. The first-order valence-electron chi connectivity index (χ1n) is 8.80. The summed E-state index contributed by atoms with van der Waals surface area (Å²) in [5.74, 6) is 0.493. The molecule has 6 nitrogen and oxygen atoms in total. The van der Waals surface area contributed by atoms with Gasteiger partial charge >= 0.3 is 0 Å². The summed E-state index contributed by atoms with van der Waals surface area (Å²) in [7, 11) is 1.60. The summed E-state index contributed by atoms with van der Waals surface area (Å²) in [6.07, 6.45) is 5.54. The van der Waals surface area contributed by atoms with E-state index in [9.17, 15) is 4.79 Å². The van der Waals surface area contributed by atoms with Crippen LogP contribution in [0.3, 0.4) is 0 Å². The Bertz CT molecular complexity index is 754. The number of rotatable bonds is 7. The fraction of sp³-hybridized carbons (Fsp3) is 0.368. The number of benzene rings is 1. The van der Waals surface area contributed by atoms with Crippen molar-refractivity contribution in [1.82, 2.24) is 5.43 Å². The van der Waals surface area contributed by atoms with Gasteiger partial charge in [-0.05, 0) is 43.5 Å². The zero-order valence-corrected chi connectivity index (χ0v) is 15.7. The van der Waals surface area contributed by atoms with Gasteiger partial charge in [-0.15, -0.1) is 11.3 Å². The van der Waals surface area contributed by atoms with E-state index in [0.717, 1.165) is 23.7 Å². The van der Waals surface area contributed by atoms with Gasteiger partial charge in [0.15, 0.2) is 0 Å². The van der Waals surface area contributed by atoms with Crippen LogP contribution in [-0.2, 0) is 4.79 Å². The first-order valence-corrected chi connectivity index (χ1v) is 9.61. The molecule has 1 aromatic carbocycles. The Morgan fingerprint density at radius 3 is 2.85 bits per heavy atom. The second kappa shape index (κ2) is 9.24. The molecular formula is C19H24N4O2S. The Kier molecular flexibility index (Phi) is 6.49. The third-order valence-electron chi connectivity index (χ3n) is 4.21. The zero-order valence-electron chi connectivity index (χ0n) is 14.9. The predicted molar refractivity (Wildman–Crippen MR) is 108 cm³/mol. The SMILES string of the molecule is COc1ccccc1NCC(=O)N/N=C/c1ccc(N2CCCCC2)s1. The third-order valence-corrected chi connectivity index (χ3v) is 5.29. The van der Waals surface area contributed by atoms with E-state index < -0.39 is 0 Å². The van der Waals surface area contributed by atoms with Gasteiger partial charge in [-0.3, -0.25) is 4.79 Å². The molecular weight excluding hydrogens is 348 g/mol. The van der Waals surface area contributed by atoms with Gasteiger partial charge in [0.25, 0.3) is 5.91 Å².